The number of rotatable bonds is 4. The smallest absolute Gasteiger partial charge is 0.407 e. The van der Waals surface area contributed by atoms with Gasteiger partial charge in [-0.3, -0.25) is 0 Å². The molecule has 0 heterocycles. The average Bonchev–Trinajstić information content (AvgIpc) is 1.97. The van der Waals surface area contributed by atoms with Gasteiger partial charge in [0.2, 0.25) is 0 Å². The number of alkyl carbamates (subject to hydrolysis) is 1. The number of ether oxygens (including phenoxy) is 1. The molecule has 0 aliphatic rings. The molecule has 0 saturated carbocycles. The molecule has 0 aromatic carbocycles. The average molecular weight is 229 g/mol. The van der Waals surface area contributed by atoms with E-state index in [-0.39, 0.29) is 6.09 Å². The highest BCUT2D eigenvalue weighted by Crippen LogP contribution is 2.21. The Kier molecular flexibility index (Phi) is 5.84. The maximum atomic E-state index is 11.3. The molecule has 0 unspecified atom stereocenters. The highest BCUT2D eigenvalue weighted by molar-refractivity contribution is 5.67. The molecule has 3 heteroatoms. The fourth-order valence-corrected chi connectivity index (χ4v) is 1.28. The number of carbonyl (C=O) groups is 1. The lowest BCUT2D eigenvalue weighted by Crippen LogP contribution is -2.33. The Balaban J connectivity index is 3.50. The SMILES string of the molecule is CC(C)(C)CCCCNC(=O)OC(C)(C)C. The summed E-state index contributed by atoms with van der Waals surface area (Å²) >= 11 is 0. The zero-order chi connectivity index (χ0) is 12.8. The predicted octanol–water partition coefficient (Wildman–Crippen LogP) is 3.73. The Bertz CT molecular complexity index is 211. The van der Waals surface area contributed by atoms with Crippen LogP contribution in [0.3, 0.4) is 0 Å². The Morgan fingerprint density at radius 3 is 2.06 bits per heavy atom. The molecule has 96 valence electrons. The molecule has 0 saturated heterocycles. The minimum Gasteiger partial charge on any atom is -0.444 e. The third kappa shape index (κ3) is 11.3. The Labute approximate surface area is 99.9 Å². The van der Waals surface area contributed by atoms with Crippen molar-refractivity contribution in [1.29, 1.82) is 0 Å². The molecular weight excluding hydrogens is 202 g/mol. The maximum Gasteiger partial charge on any atom is 0.407 e. The first-order chi connectivity index (χ1) is 7.10. The van der Waals surface area contributed by atoms with Crippen molar-refractivity contribution in [1.82, 2.24) is 5.32 Å². The van der Waals surface area contributed by atoms with Crippen LogP contribution < -0.4 is 5.32 Å². The summed E-state index contributed by atoms with van der Waals surface area (Å²) in [6, 6.07) is 0. The molecule has 0 aromatic heterocycles. The minimum absolute atomic E-state index is 0.316. The van der Waals surface area contributed by atoms with Crippen LogP contribution in [0, 0.1) is 5.41 Å². The molecule has 0 radical (unpaired) electrons. The van der Waals surface area contributed by atoms with E-state index in [1.165, 1.54) is 6.42 Å². The summed E-state index contributed by atoms with van der Waals surface area (Å²) in [6.07, 6.45) is 3.02. The van der Waals surface area contributed by atoms with Crippen molar-refractivity contribution in [3.8, 4) is 0 Å². The molecule has 1 amide bonds. The van der Waals surface area contributed by atoms with E-state index in [1.54, 1.807) is 0 Å². The second-order valence-electron chi connectivity index (χ2n) is 6.45. The van der Waals surface area contributed by atoms with Gasteiger partial charge >= 0.3 is 6.09 Å². The fraction of sp³-hybridized carbons (Fsp3) is 0.923. The summed E-state index contributed by atoms with van der Waals surface area (Å²) < 4.78 is 5.14. The van der Waals surface area contributed by atoms with Crippen molar-refractivity contribution in [2.24, 2.45) is 5.41 Å². The van der Waals surface area contributed by atoms with Crippen molar-refractivity contribution in [3.63, 3.8) is 0 Å². The van der Waals surface area contributed by atoms with Crippen LogP contribution in [0.4, 0.5) is 4.79 Å². The molecule has 0 aliphatic heterocycles. The zero-order valence-electron chi connectivity index (χ0n) is 11.6. The number of hydrogen-bond donors (Lipinski definition) is 1. The Morgan fingerprint density at radius 1 is 1.06 bits per heavy atom. The van der Waals surface area contributed by atoms with Gasteiger partial charge in [-0.1, -0.05) is 27.2 Å². The normalized spacial score (nSPS) is 12.4. The molecule has 16 heavy (non-hydrogen) atoms. The summed E-state index contributed by atoms with van der Waals surface area (Å²) in [5, 5.41) is 2.76. The Hall–Kier alpha value is -0.730. The largest absolute Gasteiger partial charge is 0.444 e. The number of nitrogens with one attached hydrogen (secondary N) is 1. The number of hydrogen-bond acceptors (Lipinski definition) is 2. The van der Waals surface area contributed by atoms with Crippen molar-refractivity contribution in [2.45, 2.75) is 66.4 Å². The molecule has 0 aromatic rings. The second-order valence-corrected chi connectivity index (χ2v) is 6.45. The molecule has 0 fully saturated rings. The maximum absolute atomic E-state index is 11.3. The molecule has 0 atom stereocenters. The van der Waals surface area contributed by atoms with Crippen LogP contribution in [-0.2, 0) is 4.74 Å². The molecule has 3 nitrogen and oxygen atoms in total. The Morgan fingerprint density at radius 2 is 1.62 bits per heavy atom. The first-order valence-corrected chi connectivity index (χ1v) is 6.07. The van der Waals surface area contributed by atoms with E-state index in [9.17, 15) is 4.79 Å². The van der Waals surface area contributed by atoms with E-state index < -0.39 is 5.60 Å². The molecule has 0 spiro atoms. The van der Waals surface area contributed by atoms with Crippen LogP contribution in [0.5, 0.6) is 0 Å². The third-order valence-corrected chi connectivity index (χ3v) is 2.02. The molecular formula is C13H27NO2. The summed E-state index contributed by atoms with van der Waals surface area (Å²) in [6.45, 7) is 13.0. The highest BCUT2D eigenvalue weighted by Gasteiger charge is 2.15. The molecule has 1 N–H and O–H groups in total. The van der Waals surface area contributed by atoms with Crippen LogP contribution in [0.15, 0.2) is 0 Å². The summed E-state index contributed by atoms with van der Waals surface area (Å²) in [5.74, 6) is 0. The topological polar surface area (TPSA) is 38.3 Å². The van der Waals surface area contributed by atoms with E-state index in [4.69, 9.17) is 4.74 Å². The molecule has 0 bridgehead atoms. The highest BCUT2D eigenvalue weighted by atomic mass is 16.6. The first-order valence-electron chi connectivity index (χ1n) is 6.07. The van der Waals surface area contributed by atoms with E-state index >= 15 is 0 Å². The van der Waals surface area contributed by atoms with Crippen LogP contribution >= 0.6 is 0 Å². The van der Waals surface area contributed by atoms with E-state index in [0.29, 0.717) is 12.0 Å². The van der Waals surface area contributed by atoms with Crippen LogP contribution in [0.2, 0.25) is 0 Å². The summed E-state index contributed by atoms with van der Waals surface area (Å²) in [7, 11) is 0. The van der Waals surface area contributed by atoms with E-state index in [1.807, 2.05) is 20.8 Å². The quantitative estimate of drug-likeness (QED) is 0.746. The van der Waals surface area contributed by atoms with Crippen LogP contribution in [0.1, 0.15) is 60.8 Å². The van der Waals surface area contributed by atoms with Gasteiger partial charge in [0.05, 0.1) is 0 Å². The van der Waals surface area contributed by atoms with Crippen molar-refractivity contribution >= 4 is 6.09 Å². The zero-order valence-corrected chi connectivity index (χ0v) is 11.6. The number of amides is 1. The van der Waals surface area contributed by atoms with Gasteiger partial charge in [0.25, 0.3) is 0 Å². The van der Waals surface area contributed by atoms with Gasteiger partial charge < -0.3 is 10.1 Å². The van der Waals surface area contributed by atoms with Crippen LogP contribution in [-0.4, -0.2) is 18.2 Å². The summed E-state index contributed by atoms with van der Waals surface area (Å²) in [4.78, 5) is 11.3. The lowest BCUT2D eigenvalue weighted by Gasteiger charge is -2.20. The molecule has 0 rings (SSSR count). The standard InChI is InChI=1S/C13H27NO2/c1-12(2,3)9-7-8-10-14-11(15)16-13(4,5)6/h7-10H2,1-6H3,(H,14,15). The first kappa shape index (κ1) is 15.3. The van der Waals surface area contributed by atoms with Gasteiger partial charge in [-0.2, -0.15) is 0 Å². The monoisotopic (exact) mass is 229 g/mol. The van der Waals surface area contributed by atoms with Crippen molar-refractivity contribution in [3.05, 3.63) is 0 Å². The number of carbonyl (C=O) groups excluding carboxylic acids is 1. The number of unbranched alkanes of at least 4 members (excludes halogenated alkanes) is 1. The third-order valence-electron chi connectivity index (χ3n) is 2.02. The second kappa shape index (κ2) is 6.12. The lowest BCUT2D eigenvalue weighted by molar-refractivity contribution is 0.0527. The van der Waals surface area contributed by atoms with Gasteiger partial charge in [0.1, 0.15) is 5.60 Å². The van der Waals surface area contributed by atoms with Gasteiger partial charge in [-0.05, 0) is 39.0 Å². The van der Waals surface area contributed by atoms with Gasteiger partial charge in [-0.25, -0.2) is 4.79 Å². The van der Waals surface area contributed by atoms with Crippen molar-refractivity contribution in [2.75, 3.05) is 6.54 Å². The van der Waals surface area contributed by atoms with Gasteiger partial charge in [-0.15, -0.1) is 0 Å². The van der Waals surface area contributed by atoms with Gasteiger partial charge in [0, 0.05) is 6.54 Å². The minimum atomic E-state index is -0.407. The van der Waals surface area contributed by atoms with Crippen molar-refractivity contribution < 1.29 is 9.53 Å². The fourth-order valence-electron chi connectivity index (χ4n) is 1.28. The van der Waals surface area contributed by atoms with E-state index in [2.05, 4.69) is 26.1 Å². The van der Waals surface area contributed by atoms with E-state index in [0.717, 1.165) is 12.8 Å². The lowest BCUT2D eigenvalue weighted by atomic mass is 9.90. The predicted molar refractivity (Wildman–Crippen MR) is 67.5 cm³/mol. The van der Waals surface area contributed by atoms with Crippen LogP contribution in [0.25, 0.3) is 0 Å². The summed E-state index contributed by atoms with van der Waals surface area (Å²) in [5.41, 5.74) is -0.0264. The van der Waals surface area contributed by atoms with Gasteiger partial charge in [0.15, 0.2) is 0 Å². The molecule has 0 aliphatic carbocycles.